The maximum Gasteiger partial charge on any atom is 0.384 e. The molecule has 0 rings (SSSR count). The molecule has 7 heteroatoms. The number of terminal acetylenes is 2. The number of carboxylic acid groups (broad SMARTS) is 1. The fraction of sp³-hybridized carbons (Fsp3) is 0.455. The van der Waals surface area contributed by atoms with E-state index in [9.17, 15) is 4.79 Å². The van der Waals surface area contributed by atoms with Crippen molar-refractivity contribution in [1.82, 2.24) is 0 Å². The fourth-order valence-electron chi connectivity index (χ4n) is 0.180. The monoisotopic (exact) mass is 262 g/mol. The topological polar surface area (TPSA) is 124 Å². The van der Waals surface area contributed by atoms with Crippen molar-refractivity contribution in [2.24, 2.45) is 0 Å². The van der Waals surface area contributed by atoms with E-state index >= 15 is 0 Å². The van der Waals surface area contributed by atoms with Crippen molar-refractivity contribution in [3.8, 4) is 24.7 Å². The lowest BCUT2D eigenvalue weighted by atomic mass is 10.7. The molecule has 0 aliphatic rings. The van der Waals surface area contributed by atoms with Crippen LogP contribution in [0.3, 0.4) is 0 Å². The highest BCUT2D eigenvalue weighted by Crippen LogP contribution is 1.71. The number of aliphatic hydroxyl groups is 3. The molecular formula is C11H18O7. The van der Waals surface area contributed by atoms with E-state index in [0.717, 1.165) is 0 Å². The number of aliphatic hydroxyl groups excluding tert-OH is 3. The lowest BCUT2D eigenvalue weighted by Gasteiger charge is -1.92. The first-order valence-corrected chi connectivity index (χ1v) is 4.15. The zero-order valence-corrected chi connectivity index (χ0v) is 9.00. The molecule has 0 aromatic rings. The number of rotatable bonds is 3. The summed E-state index contributed by atoms with van der Waals surface area (Å²) in [4.78, 5) is 19.1. The van der Waals surface area contributed by atoms with Crippen LogP contribution in [0.5, 0.6) is 0 Å². The summed E-state index contributed by atoms with van der Waals surface area (Å²) in [6.07, 6.45) is 8.93. The van der Waals surface area contributed by atoms with Gasteiger partial charge in [-0.3, -0.25) is 0 Å². The first-order chi connectivity index (χ1) is 7.99. The average Bonchev–Trinajstić information content (AvgIpc) is 2.36. The van der Waals surface area contributed by atoms with Crippen molar-refractivity contribution in [1.29, 1.82) is 0 Å². The van der Waals surface area contributed by atoms with Gasteiger partial charge in [0.1, 0.15) is 6.61 Å². The molecule has 0 saturated carbocycles. The van der Waals surface area contributed by atoms with Gasteiger partial charge in [0.15, 0.2) is 0 Å². The Morgan fingerprint density at radius 1 is 1.00 bits per heavy atom. The molecule has 0 aliphatic heterocycles. The molecule has 0 aromatic heterocycles. The number of carbonyl (C=O) groups excluding carboxylic acids is 1. The van der Waals surface area contributed by atoms with Crippen LogP contribution in [0.4, 0.5) is 0 Å². The molecule has 0 unspecified atom stereocenters. The van der Waals surface area contributed by atoms with E-state index in [1.165, 1.54) is 5.92 Å². The Bertz CT molecular complexity index is 270. The van der Waals surface area contributed by atoms with Crippen LogP contribution in [0.2, 0.25) is 0 Å². The summed E-state index contributed by atoms with van der Waals surface area (Å²) < 4.78 is 4.22. The van der Waals surface area contributed by atoms with Crippen molar-refractivity contribution < 1.29 is 34.8 Å². The Labute approximate surface area is 106 Å². The molecule has 7 nitrogen and oxygen atoms in total. The lowest BCUT2D eigenvalue weighted by Crippen LogP contribution is -2.04. The van der Waals surface area contributed by atoms with E-state index in [1.807, 2.05) is 0 Å². The average molecular weight is 262 g/mol. The van der Waals surface area contributed by atoms with Crippen molar-refractivity contribution in [2.45, 2.75) is 7.43 Å². The highest BCUT2D eigenvalue weighted by Gasteiger charge is 1.91. The summed E-state index contributed by atoms with van der Waals surface area (Å²) >= 11 is 0. The summed E-state index contributed by atoms with van der Waals surface area (Å²) in [7, 11) is 0. The van der Waals surface area contributed by atoms with Gasteiger partial charge in [0.2, 0.25) is 0 Å². The largest absolute Gasteiger partial charge is 0.472 e. The van der Waals surface area contributed by atoms with Crippen LogP contribution in [0.15, 0.2) is 0 Å². The molecule has 0 fully saturated rings. The van der Waals surface area contributed by atoms with Gasteiger partial charge in [-0.05, 0) is 0 Å². The van der Waals surface area contributed by atoms with Crippen LogP contribution in [-0.4, -0.2) is 58.8 Å². The van der Waals surface area contributed by atoms with Gasteiger partial charge < -0.3 is 25.2 Å². The predicted octanol–water partition coefficient (Wildman–Crippen LogP) is -1.53. The minimum atomic E-state index is -1.22. The van der Waals surface area contributed by atoms with E-state index in [-0.39, 0.29) is 33.9 Å². The Balaban J connectivity index is -0.0000000855. The summed E-state index contributed by atoms with van der Waals surface area (Å²) in [5.41, 5.74) is 0. The Morgan fingerprint density at radius 3 is 1.56 bits per heavy atom. The maximum atomic E-state index is 10.0. The summed E-state index contributed by atoms with van der Waals surface area (Å²) in [5, 5.41) is 30.8. The number of aliphatic carboxylic acids is 1. The lowest BCUT2D eigenvalue weighted by molar-refractivity contribution is -0.137. The third-order valence-corrected chi connectivity index (χ3v) is 0.666. The first kappa shape index (κ1) is 25.0. The SMILES string of the molecule is C.C#CC(=O)O.C#CC(=O)OCCO.OCCO. The molecule has 0 atom stereocenters. The molecule has 0 heterocycles. The molecule has 4 N–H and O–H groups in total. The molecule has 18 heavy (non-hydrogen) atoms. The quantitative estimate of drug-likeness (QED) is 0.276. The van der Waals surface area contributed by atoms with Crippen molar-refractivity contribution in [3.05, 3.63) is 0 Å². The molecule has 0 aliphatic carbocycles. The zero-order chi connectivity index (χ0) is 14.1. The van der Waals surface area contributed by atoms with Crippen LogP contribution >= 0.6 is 0 Å². The number of hydrogen-bond acceptors (Lipinski definition) is 6. The standard InChI is InChI=1S/C5H6O3.C3H2O2.C2H6O2.CH4/c1-2-5(7)8-4-3-6;1-2-3(4)5;3-1-2-4;/h1,6H,3-4H2;1H,(H,4,5);3-4H,1-2H2;1H4. The van der Waals surface area contributed by atoms with Gasteiger partial charge in [0.05, 0.1) is 19.8 Å². The summed E-state index contributed by atoms with van der Waals surface area (Å²) in [6, 6.07) is 0. The molecule has 0 bridgehead atoms. The third kappa shape index (κ3) is 48.5. The molecule has 0 spiro atoms. The molecule has 0 aromatic carbocycles. The van der Waals surface area contributed by atoms with Gasteiger partial charge >= 0.3 is 11.9 Å². The van der Waals surface area contributed by atoms with Gasteiger partial charge in [0.25, 0.3) is 0 Å². The second-order valence-corrected chi connectivity index (χ2v) is 1.90. The summed E-state index contributed by atoms with van der Waals surface area (Å²) in [6.45, 7) is -0.462. The van der Waals surface area contributed by atoms with E-state index < -0.39 is 11.9 Å². The van der Waals surface area contributed by atoms with Crippen molar-refractivity contribution in [3.63, 3.8) is 0 Å². The molecular weight excluding hydrogens is 244 g/mol. The van der Waals surface area contributed by atoms with Crippen LogP contribution < -0.4 is 0 Å². The fourth-order valence-corrected chi connectivity index (χ4v) is 0.180. The van der Waals surface area contributed by atoms with E-state index in [2.05, 4.69) is 17.6 Å². The van der Waals surface area contributed by atoms with E-state index in [0.29, 0.717) is 0 Å². The molecule has 0 radical (unpaired) electrons. The summed E-state index contributed by atoms with van der Waals surface area (Å²) in [5.74, 6) is 1.22. The zero-order valence-electron chi connectivity index (χ0n) is 9.00. The number of carboxylic acids is 1. The highest BCUT2D eigenvalue weighted by molar-refractivity contribution is 5.87. The smallest absolute Gasteiger partial charge is 0.384 e. The predicted molar refractivity (Wildman–Crippen MR) is 64.2 cm³/mol. The Kier molecular flexibility index (Phi) is 33.6. The van der Waals surface area contributed by atoms with Gasteiger partial charge in [0, 0.05) is 11.8 Å². The number of carbonyl (C=O) groups is 2. The number of hydrogen-bond donors (Lipinski definition) is 4. The molecule has 104 valence electrons. The highest BCUT2D eigenvalue weighted by atomic mass is 16.5. The van der Waals surface area contributed by atoms with Gasteiger partial charge in [-0.25, -0.2) is 9.59 Å². The van der Waals surface area contributed by atoms with E-state index in [4.69, 9.17) is 25.2 Å². The second-order valence-electron chi connectivity index (χ2n) is 1.90. The van der Waals surface area contributed by atoms with Crippen molar-refractivity contribution in [2.75, 3.05) is 26.4 Å². The van der Waals surface area contributed by atoms with E-state index in [1.54, 1.807) is 5.92 Å². The third-order valence-electron chi connectivity index (χ3n) is 0.666. The van der Waals surface area contributed by atoms with Gasteiger partial charge in [-0.15, -0.1) is 12.8 Å². The minimum Gasteiger partial charge on any atom is -0.472 e. The second kappa shape index (κ2) is 24.3. The van der Waals surface area contributed by atoms with Crippen LogP contribution in [0, 0.1) is 24.7 Å². The van der Waals surface area contributed by atoms with Crippen molar-refractivity contribution >= 4 is 11.9 Å². The van der Waals surface area contributed by atoms with Crippen LogP contribution in [0.1, 0.15) is 7.43 Å². The Hall–Kier alpha value is -2.06. The van der Waals surface area contributed by atoms with Crippen LogP contribution in [0.25, 0.3) is 0 Å². The first-order valence-electron chi connectivity index (χ1n) is 4.15. The maximum absolute atomic E-state index is 10.0. The normalized spacial score (nSPS) is 6.50. The van der Waals surface area contributed by atoms with Gasteiger partial charge in [-0.1, -0.05) is 7.43 Å². The number of ether oxygens (including phenoxy) is 1. The van der Waals surface area contributed by atoms with Crippen LogP contribution in [-0.2, 0) is 14.3 Å². The number of esters is 1. The molecule has 0 amide bonds. The Morgan fingerprint density at radius 2 is 1.39 bits per heavy atom. The molecule has 0 saturated heterocycles. The minimum absolute atomic E-state index is 0. The van der Waals surface area contributed by atoms with Gasteiger partial charge in [-0.2, -0.15) is 0 Å².